The van der Waals surface area contributed by atoms with Crippen LogP contribution in [0.25, 0.3) is 0 Å². The second-order valence-electron chi connectivity index (χ2n) is 4.73. The molecule has 0 saturated carbocycles. The van der Waals surface area contributed by atoms with E-state index in [0.29, 0.717) is 17.9 Å². The summed E-state index contributed by atoms with van der Waals surface area (Å²) in [5, 5.41) is 19.4. The number of benzene rings is 1. The molecule has 0 aliphatic rings. The lowest BCUT2D eigenvalue weighted by atomic mass is 10.1. The zero-order valence-electron chi connectivity index (χ0n) is 11.4. The summed E-state index contributed by atoms with van der Waals surface area (Å²) in [7, 11) is 1.55. The normalized spacial score (nSPS) is 15.9. The van der Waals surface area contributed by atoms with Crippen LogP contribution in [-0.2, 0) is 0 Å². The van der Waals surface area contributed by atoms with Crippen LogP contribution in [0.4, 0.5) is 0 Å². The third-order valence-corrected chi connectivity index (χ3v) is 2.97. The molecule has 2 atom stereocenters. The minimum absolute atomic E-state index is 0.202. The number of hydrogen-bond acceptors (Lipinski definition) is 4. The highest BCUT2D eigenvalue weighted by molar-refractivity contribution is 5.43. The first-order valence-corrected chi connectivity index (χ1v) is 6.11. The first-order valence-electron chi connectivity index (χ1n) is 6.11. The molecular formula is C14H22O4. The smallest absolute Gasteiger partial charge is 0.161 e. The van der Waals surface area contributed by atoms with E-state index in [4.69, 9.17) is 9.47 Å². The maximum Gasteiger partial charge on any atom is 0.161 e. The van der Waals surface area contributed by atoms with Gasteiger partial charge in [0.05, 0.1) is 18.8 Å². The predicted molar refractivity (Wildman–Crippen MR) is 70.0 cm³/mol. The minimum Gasteiger partial charge on any atom is -0.493 e. The van der Waals surface area contributed by atoms with Crippen molar-refractivity contribution in [3.8, 4) is 11.5 Å². The van der Waals surface area contributed by atoms with Gasteiger partial charge in [0.1, 0.15) is 6.61 Å². The van der Waals surface area contributed by atoms with Gasteiger partial charge in [-0.25, -0.2) is 0 Å². The van der Waals surface area contributed by atoms with E-state index < -0.39 is 11.7 Å². The number of hydrogen-bond donors (Lipinski definition) is 2. The third kappa shape index (κ3) is 3.89. The average Bonchev–Trinajstić information content (AvgIpc) is 2.36. The van der Waals surface area contributed by atoms with Crippen LogP contribution in [0.5, 0.6) is 11.5 Å². The molecule has 18 heavy (non-hydrogen) atoms. The summed E-state index contributed by atoms with van der Waals surface area (Å²) >= 11 is 0. The summed E-state index contributed by atoms with van der Waals surface area (Å²) in [6.45, 7) is 5.52. The van der Waals surface area contributed by atoms with Crippen LogP contribution in [0.15, 0.2) is 18.2 Å². The Labute approximate surface area is 108 Å². The van der Waals surface area contributed by atoms with Crippen LogP contribution in [0.1, 0.15) is 38.9 Å². The van der Waals surface area contributed by atoms with Crippen LogP contribution in [-0.4, -0.2) is 29.5 Å². The van der Waals surface area contributed by atoms with Gasteiger partial charge in [-0.1, -0.05) is 13.0 Å². The quantitative estimate of drug-likeness (QED) is 0.817. The van der Waals surface area contributed by atoms with Gasteiger partial charge in [0.2, 0.25) is 0 Å². The fourth-order valence-corrected chi connectivity index (χ4v) is 1.40. The van der Waals surface area contributed by atoms with E-state index in [0.717, 1.165) is 5.56 Å². The molecule has 0 saturated heterocycles. The molecule has 2 unspecified atom stereocenters. The predicted octanol–water partition coefficient (Wildman–Crippen LogP) is 2.29. The van der Waals surface area contributed by atoms with Crippen molar-refractivity contribution in [1.29, 1.82) is 0 Å². The Balaban J connectivity index is 2.83. The van der Waals surface area contributed by atoms with Crippen LogP contribution >= 0.6 is 0 Å². The molecule has 1 aromatic rings. The fraction of sp³-hybridized carbons (Fsp3) is 0.571. The zero-order valence-corrected chi connectivity index (χ0v) is 11.4. The Morgan fingerprint density at radius 2 is 2.00 bits per heavy atom. The highest BCUT2D eigenvalue weighted by atomic mass is 16.5. The van der Waals surface area contributed by atoms with Crippen molar-refractivity contribution in [2.45, 2.75) is 38.9 Å². The lowest BCUT2D eigenvalue weighted by molar-refractivity contribution is 0.00772. The van der Waals surface area contributed by atoms with E-state index in [9.17, 15) is 10.2 Å². The highest BCUT2D eigenvalue weighted by Gasteiger charge is 2.19. The molecule has 4 heteroatoms. The van der Waals surface area contributed by atoms with Gasteiger partial charge < -0.3 is 19.7 Å². The van der Waals surface area contributed by atoms with Crippen molar-refractivity contribution in [3.63, 3.8) is 0 Å². The molecule has 0 heterocycles. The van der Waals surface area contributed by atoms with Crippen LogP contribution in [0, 0.1) is 0 Å². The molecule has 0 aromatic heterocycles. The largest absolute Gasteiger partial charge is 0.493 e. The van der Waals surface area contributed by atoms with E-state index in [1.165, 1.54) is 0 Å². The molecule has 0 aliphatic heterocycles. The van der Waals surface area contributed by atoms with E-state index >= 15 is 0 Å². The molecule has 0 amide bonds. The summed E-state index contributed by atoms with van der Waals surface area (Å²) in [6, 6.07) is 5.26. The van der Waals surface area contributed by atoms with Crippen molar-refractivity contribution in [2.75, 3.05) is 13.7 Å². The number of aliphatic hydroxyl groups excluding tert-OH is 1. The summed E-state index contributed by atoms with van der Waals surface area (Å²) in [5.41, 5.74) is -0.0880. The minimum atomic E-state index is -0.853. The Morgan fingerprint density at radius 3 is 2.50 bits per heavy atom. The van der Waals surface area contributed by atoms with Crippen molar-refractivity contribution in [1.82, 2.24) is 0 Å². The maximum atomic E-state index is 9.89. The lowest BCUT2D eigenvalue weighted by Gasteiger charge is -2.22. The highest BCUT2D eigenvalue weighted by Crippen LogP contribution is 2.31. The average molecular weight is 254 g/mol. The first kappa shape index (κ1) is 14.8. The van der Waals surface area contributed by atoms with Gasteiger partial charge in [-0.3, -0.25) is 0 Å². The van der Waals surface area contributed by atoms with Crippen LogP contribution < -0.4 is 9.47 Å². The number of rotatable bonds is 6. The van der Waals surface area contributed by atoms with Crippen LogP contribution in [0.3, 0.4) is 0 Å². The van der Waals surface area contributed by atoms with Gasteiger partial charge in [0.15, 0.2) is 11.5 Å². The Morgan fingerprint density at radius 1 is 1.33 bits per heavy atom. The molecule has 0 radical (unpaired) electrons. The Kier molecular flexibility index (Phi) is 4.99. The Hall–Kier alpha value is -1.26. The summed E-state index contributed by atoms with van der Waals surface area (Å²) in [5.74, 6) is 1.12. The summed E-state index contributed by atoms with van der Waals surface area (Å²) < 4.78 is 10.8. The molecule has 2 N–H and O–H groups in total. The number of ether oxygens (including phenoxy) is 2. The standard InChI is InChI=1S/C14H22O4/c1-5-14(3,16)9-18-12-7-6-11(10(2)15)8-13(12)17-4/h6-8,10,15-16H,5,9H2,1-4H3. The second-order valence-corrected chi connectivity index (χ2v) is 4.73. The van der Waals surface area contributed by atoms with Gasteiger partial charge >= 0.3 is 0 Å². The SMILES string of the molecule is CCC(C)(O)COc1ccc(C(C)O)cc1OC. The van der Waals surface area contributed by atoms with Crippen molar-refractivity contribution < 1.29 is 19.7 Å². The molecule has 1 rings (SSSR count). The van der Waals surface area contributed by atoms with Gasteiger partial charge in [-0.05, 0) is 38.0 Å². The monoisotopic (exact) mass is 254 g/mol. The van der Waals surface area contributed by atoms with Gasteiger partial charge in [0, 0.05) is 0 Å². The molecule has 0 fully saturated rings. The number of aliphatic hydroxyl groups is 2. The van der Waals surface area contributed by atoms with Crippen molar-refractivity contribution in [3.05, 3.63) is 23.8 Å². The Bertz CT molecular complexity index is 385. The van der Waals surface area contributed by atoms with Crippen molar-refractivity contribution in [2.24, 2.45) is 0 Å². The molecule has 1 aromatic carbocycles. The molecule has 102 valence electrons. The van der Waals surface area contributed by atoms with E-state index in [2.05, 4.69) is 0 Å². The van der Waals surface area contributed by atoms with Crippen molar-refractivity contribution >= 4 is 0 Å². The van der Waals surface area contributed by atoms with Crippen LogP contribution in [0.2, 0.25) is 0 Å². The third-order valence-electron chi connectivity index (χ3n) is 2.97. The van der Waals surface area contributed by atoms with Gasteiger partial charge in [0.25, 0.3) is 0 Å². The van der Waals surface area contributed by atoms with E-state index in [-0.39, 0.29) is 6.61 Å². The molecule has 4 nitrogen and oxygen atoms in total. The molecule has 0 spiro atoms. The molecule has 0 aliphatic carbocycles. The first-order chi connectivity index (χ1) is 8.39. The summed E-state index contributed by atoms with van der Waals surface area (Å²) in [6.07, 6.45) is 0.0628. The zero-order chi connectivity index (χ0) is 13.8. The van der Waals surface area contributed by atoms with E-state index in [1.807, 2.05) is 6.92 Å². The molecular weight excluding hydrogens is 232 g/mol. The number of methoxy groups -OCH3 is 1. The fourth-order valence-electron chi connectivity index (χ4n) is 1.40. The molecule has 0 bridgehead atoms. The van der Waals surface area contributed by atoms with E-state index in [1.54, 1.807) is 39.2 Å². The second kappa shape index (κ2) is 6.07. The summed E-state index contributed by atoms with van der Waals surface area (Å²) in [4.78, 5) is 0. The lowest BCUT2D eigenvalue weighted by Crippen LogP contribution is -2.31. The van der Waals surface area contributed by atoms with Gasteiger partial charge in [-0.15, -0.1) is 0 Å². The maximum absolute atomic E-state index is 9.89. The van der Waals surface area contributed by atoms with Gasteiger partial charge in [-0.2, -0.15) is 0 Å². The topological polar surface area (TPSA) is 58.9 Å².